The predicted molar refractivity (Wildman–Crippen MR) is 132 cm³/mol. The molecule has 0 saturated carbocycles. The summed E-state index contributed by atoms with van der Waals surface area (Å²) in [6.45, 7) is 3.95. The van der Waals surface area contributed by atoms with Gasteiger partial charge in [0.25, 0.3) is 0 Å². The van der Waals surface area contributed by atoms with Crippen LogP contribution in [0, 0.1) is 13.8 Å². The van der Waals surface area contributed by atoms with E-state index in [4.69, 9.17) is 10.5 Å². The average molecular weight is 522 g/mol. The number of anilines is 2. The summed E-state index contributed by atoms with van der Waals surface area (Å²) in [6.07, 6.45) is 1.46. The molecule has 1 atom stereocenters. The molecular weight excluding hydrogens is 498 g/mol. The first-order valence-corrected chi connectivity index (χ1v) is 11.8. The number of Topliss-reactive ketones (excluding diaryl/α,β-unsaturated/α-hetero) is 1. The number of benzene rings is 2. The highest BCUT2D eigenvalue weighted by molar-refractivity contribution is 9.10. The van der Waals surface area contributed by atoms with Crippen molar-refractivity contribution in [1.29, 1.82) is 0 Å². The Morgan fingerprint density at radius 3 is 2.62 bits per heavy atom. The molecule has 2 aromatic carbocycles. The molecule has 7 nitrogen and oxygen atoms in total. The van der Waals surface area contributed by atoms with Crippen LogP contribution >= 0.6 is 15.9 Å². The van der Waals surface area contributed by atoms with Crippen molar-refractivity contribution in [3.8, 4) is 0 Å². The topological polar surface area (TPSA) is 102 Å². The number of aryl methyl sites for hydroxylation is 2. The molecule has 1 spiro atoms. The van der Waals surface area contributed by atoms with Crippen LogP contribution in [0.3, 0.4) is 0 Å². The number of ether oxygens (including phenoxy) is 1. The number of nitrogens with one attached hydrogen (secondary N) is 1. The Balaban J connectivity index is 1.93. The number of ketones is 1. The summed E-state index contributed by atoms with van der Waals surface area (Å²) in [6, 6.07) is 11.2. The maximum Gasteiger partial charge on any atom is 0.339 e. The minimum absolute atomic E-state index is 0.0432. The molecule has 1 aliphatic carbocycles. The second kappa shape index (κ2) is 7.84. The number of allylic oxidation sites excluding steroid dienone is 1. The molecule has 174 valence electrons. The minimum Gasteiger partial charge on any atom is -0.466 e. The third-order valence-electron chi connectivity index (χ3n) is 6.86. The Kier molecular flexibility index (Phi) is 5.16. The van der Waals surface area contributed by atoms with E-state index >= 15 is 0 Å². The Morgan fingerprint density at radius 1 is 1.15 bits per heavy atom. The number of esters is 1. The summed E-state index contributed by atoms with van der Waals surface area (Å²) in [4.78, 5) is 42.6. The van der Waals surface area contributed by atoms with Crippen LogP contribution in [0.2, 0.25) is 0 Å². The standard InChI is InChI=1S/C26H24BrN3O4/c1-13-7-10-18(14(2)11-13)30-19-5-4-6-20(31)21(19)26(22(23(30)28)24(32)34-3)16-12-15(27)8-9-17(16)29-25(26)33/h7-12H,4-6,28H2,1-3H3,(H,29,33). The van der Waals surface area contributed by atoms with Gasteiger partial charge in [-0.15, -0.1) is 0 Å². The number of rotatable bonds is 2. The molecule has 2 aliphatic heterocycles. The van der Waals surface area contributed by atoms with Gasteiger partial charge in [-0.2, -0.15) is 0 Å². The molecule has 5 rings (SSSR count). The summed E-state index contributed by atoms with van der Waals surface area (Å²) in [5, 5.41) is 2.88. The summed E-state index contributed by atoms with van der Waals surface area (Å²) in [5.41, 5.74) is 9.81. The van der Waals surface area contributed by atoms with Gasteiger partial charge in [-0.1, -0.05) is 33.6 Å². The summed E-state index contributed by atoms with van der Waals surface area (Å²) >= 11 is 3.48. The van der Waals surface area contributed by atoms with E-state index in [9.17, 15) is 14.4 Å². The van der Waals surface area contributed by atoms with Crippen molar-refractivity contribution in [2.75, 3.05) is 17.3 Å². The van der Waals surface area contributed by atoms with Crippen molar-refractivity contribution in [3.05, 3.63) is 80.2 Å². The molecule has 1 amide bonds. The first kappa shape index (κ1) is 22.4. The van der Waals surface area contributed by atoms with Crippen LogP contribution in [0.15, 0.2) is 63.5 Å². The third-order valence-corrected chi connectivity index (χ3v) is 7.35. The van der Waals surface area contributed by atoms with Crippen molar-refractivity contribution in [1.82, 2.24) is 0 Å². The number of nitrogens with zero attached hydrogens (tertiary/aromatic N) is 1. The van der Waals surface area contributed by atoms with Gasteiger partial charge in [-0.05, 0) is 56.5 Å². The molecule has 0 fully saturated rings. The predicted octanol–water partition coefficient (Wildman–Crippen LogP) is 4.13. The minimum atomic E-state index is -1.68. The van der Waals surface area contributed by atoms with Gasteiger partial charge in [0.15, 0.2) is 5.78 Å². The van der Waals surface area contributed by atoms with E-state index in [0.717, 1.165) is 16.8 Å². The van der Waals surface area contributed by atoms with Gasteiger partial charge in [-0.3, -0.25) is 14.5 Å². The molecular formula is C26H24BrN3O4. The van der Waals surface area contributed by atoms with Gasteiger partial charge in [0.05, 0.1) is 12.8 Å². The van der Waals surface area contributed by atoms with E-state index < -0.39 is 17.3 Å². The first-order valence-electron chi connectivity index (χ1n) is 11.1. The highest BCUT2D eigenvalue weighted by Gasteiger charge is 2.62. The molecule has 0 radical (unpaired) electrons. The van der Waals surface area contributed by atoms with E-state index in [1.54, 1.807) is 23.1 Å². The molecule has 0 saturated heterocycles. The van der Waals surface area contributed by atoms with E-state index in [1.807, 2.05) is 32.0 Å². The summed E-state index contributed by atoms with van der Waals surface area (Å²) in [7, 11) is 1.25. The second-order valence-corrected chi connectivity index (χ2v) is 9.79. The maximum absolute atomic E-state index is 13.8. The molecule has 34 heavy (non-hydrogen) atoms. The fraction of sp³-hybridized carbons (Fsp3) is 0.269. The Hall–Kier alpha value is -3.39. The number of amides is 1. The Bertz CT molecular complexity index is 1360. The lowest BCUT2D eigenvalue weighted by atomic mass is 9.63. The highest BCUT2D eigenvalue weighted by Crippen LogP contribution is 2.56. The smallest absolute Gasteiger partial charge is 0.339 e. The third kappa shape index (κ3) is 2.91. The number of hydrogen-bond acceptors (Lipinski definition) is 6. The normalized spacial score (nSPS) is 21.6. The van der Waals surface area contributed by atoms with E-state index in [2.05, 4.69) is 21.2 Å². The summed E-state index contributed by atoms with van der Waals surface area (Å²) < 4.78 is 5.87. The van der Waals surface area contributed by atoms with Gasteiger partial charge in [0.2, 0.25) is 5.91 Å². The van der Waals surface area contributed by atoms with Crippen molar-refractivity contribution < 1.29 is 19.1 Å². The van der Waals surface area contributed by atoms with Gasteiger partial charge in [0.1, 0.15) is 16.8 Å². The largest absolute Gasteiger partial charge is 0.466 e. The molecule has 1 unspecified atom stereocenters. The number of nitrogens with two attached hydrogens (primary N) is 1. The fourth-order valence-corrected chi connectivity index (χ4v) is 5.87. The lowest BCUT2D eigenvalue weighted by molar-refractivity contribution is -0.138. The molecule has 3 aliphatic rings. The van der Waals surface area contributed by atoms with Crippen molar-refractivity contribution in [3.63, 3.8) is 0 Å². The Morgan fingerprint density at radius 2 is 1.91 bits per heavy atom. The number of carbonyl (C=O) groups excluding carboxylic acids is 3. The maximum atomic E-state index is 13.8. The molecule has 2 aromatic rings. The molecule has 3 N–H and O–H groups in total. The van der Waals surface area contributed by atoms with E-state index in [-0.39, 0.29) is 23.6 Å². The Labute approximate surface area is 205 Å². The van der Waals surface area contributed by atoms with Crippen molar-refractivity contribution in [2.24, 2.45) is 5.73 Å². The van der Waals surface area contributed by atoms with E-state index in [0.29, 0.717) is 39.8 Å². The van der Waals surface area contributed by atoms with E-state index in [1.165, 1.54) is 7.11 Å². The number of methoxy groups -OCH3 is 1. The lowest BCUT2D eigenvalue weighted by Crippen LogP contribution is -2.53. The van der Waals surface area contributed by atoms with Gasteiger partial charge in [0, 0.05) is 33.4 Å². The van der Waals surface area contributed by atoms with Crippen LogP contribution in [-0.4, -0.2) is 24.8 Å². The lowest BCUT2D eigenvalue weighted by Gasteiger charge is -2.44. The van der Waals surface area contributed by atoms with Crippen LogP contribution in [-0.2, 0) is 24.5 Å². The molecule has 2 heterocycles. The van der Waals surface area contributed by atoms with Crippen LogP contribution in [0.5, 0.6) is 0 Å². The fourth-order valence-electron chi connectivity index (χ4n) is 5.51. The van der Waals surface area contributed by atoms with Crippen molar-refractivity contribution in [2.45, 2.75) is 38.5 Å². The zero-order valence-corrected chi connectivity index (χ0v) is 20.7. The number of hydrogen-bond donors (Lipinski definition) is 2. The van der Waals surface area contributed by atoms with Gasteiger partial charge >= 0.3 is 5.97 Å². The molecule has 8 heteroatoms. The monoisotopic (exact) mass is 521 g/mol. The zero-order chi connectivity index (χ0) is 24.4. The second-order valence-electron chi connectivity index (χ2n) is 8.87. The van der Waals surface area contributed by atoms with Crippen molar-refractivity contribution >= 4 is 45.0 Å². The first-order chi connectivity index (χ1) is 16.2. The SMILES string of the molecule is COC(=O)C1=C(N)N(c2ccc(C)cc2C)C2=C(C(=O)CCC2)C12C(=O)Nc1ccc(Br)cc12. The number of halogens is 1. The summed E-state index contributed by atoms with van der Waals surface area (Å²) in [5.74, 6) is -1.31. The highest BCUT2D eigenvalue weighted by atomic mass is 79.9. The number of fused-ring (bicyclic) bond motifs is 3. The van der Waals surface area contributed by atoms with Crippen LogP contribution in [0.1, 0.15) is 36.0 Å². The molecule has 0 aromatic heterocycles. The number of carbonyl (C=O) groups is 3. The van der Waals surface area contributed by atoms with Crippen LogP contribution < -0.4 is 16.0 Å². The van der Waals surface area contributed by atoms with Gasteiger partial charge in [-0.25, -0.2) is 4.79 Å². The average Bonchev–Trinajstić information content (AvgIpc) is 3.06. The van der Waals surface area contributed by atoms with Gasteiger partial charge < -0.3 is 15.8 Å². The molecule has 0 bridgehead atoms. The van der Waals surface area contributed by atoms with Crippen LogP contribution in [0.4, 0.5) is 11.4 Å². The zero-order valence-electron chi connectivity index (χ0n) is 19.1. The quantitative estimate of drug-likeness (QED) is 0.576. The van der Waals surface area contributed by atoms with Crippen LogP contribution in [0.25, 0.3) is 0 Å².